The van der Waals surface area contributed by atoms with E-state index < -0.39 is 17.9 Å². The molecule has 170 valence electrons. The average Bonchev–Trinajstić information content (AvgIpc) is 3.20. The summed E-state index contributed by atoms with van der Waals surface area (Å²) in [5.74, 6) is -0.371. The first kappa shape index (κ1) is 23.1. The Morgan fingerprint density at radius 1 is 1.06 bits per heavy atom. The number of aryl methyl sites for hydroxylation is 1. The lowest BCUT2D eigenvalue weighted by molar-refractivity contribution is -0.141. The van der Waals surface area contributed by atoms with Gasteiger partial charge in [-0.15, -0.1) is 0 Å². The Morgan fingerprint density at radius 3 is 2.38 bits per heavy atom. The van der Waals surface area contributed by atoms with Crippen molar-refractivity contribution in [2.75, 3.05) is 32.8 Å². The Hall–Kier alpha value is -3.55. The van der Waals surface area contributed by atoms with E-state index >= 15 is 0 Å². The minimum Gasteiger partial charge on any atom is -0.493 e. The largest absolute Gasteiger partial charge is 0.493 e. The molecule has 1 aliphatic heterocycles. The Bertz CT molecular complexity index is 988. The molecule has 2 aromatic carbocycles. The minimum atomic E-state index is -0.640. The first-order valence-electron chi connectivity index (χ1n) is 10.3. The second-order valence-electron chi connectivity index (χ2n) is 7.70. The summed E-state index contributed by atoms with van der Waals surface area (Å²) in [5, 5.41) is 2.92. The highest BCUT2D eigenvalue weighted by Gasteiger charge is 2.36. The molecule has 1 N–H and O–H groups in total. The number of hydrogen-bond donors (Lipinski definition) is 1. The van der Waals surface area contributed by atoms with Gasteiger partial charge in [0.15, 0.2) is 11.5 Å². The van der Waals surface area contributed by atoms with E-state index in [0.717, 1.165) is 11.3 Å². The predicted molar refractivity (Wildman–Crippen MR) is 119 cm³/mol. The monoisotopic (exact) mass is 440 g/mol. The Kier molecular flexibility index (Phi) is 7.35. The van der Waals surface area contributed by atoms with Gasteiger partial charge in [0.1, 0.15) is 0 Å². The highest BCUT2D eigenvalue weighted by Crippen LogP contribution is 2.32. The Labute approximate surface area is 187 Å². The molecule has 0 aromatic heterocycles. The van der Waals surface area contributed by atoms with E-state index in [1.165, 1.54) is 21.3 Å². The van der Waals surface area contributed by atoms with Crippen molar-refractivity contribution in [3.63, 3.8) is 0 Å². The molecule has 0 bridgehead atoms. The van der Waals surface area contributed by atoms with Gasteiger partial charge in [-0.3, -0.25) is 14.4 Å². The first-order chi connectivity index (χ1) is 15.4. The number of anilines is 1. The molecule has 1 saturated heterocycles. The quantitative estimate of drug-likeness (QED) is 0.635. The van der Waals surface area contributed by atoms with Gasteiger partial charge in [0.05, 0.1) is 39.7 Å². The molecule has 0 radical (unpaired) electrons. The molecule has 1 fully saturated rings. The van der Waals surface area contributed by atoms with Crippen LogP contribution in [0.2, 0.25) is 0 Å². The standard InChI is InChI=1S/C24H28N2O6/c1-15-5-8-18(9-6-15)26-14-17(12-22(26)27)24(29)25-19(13-23(28)32-4)16-7-10-20(30-2)21(11-16)31-3/h5-11,17,19H,12-14H2,1-4H3,(H,25,29)/t17-,19-/m0/s1. The third-order valence-electron chi connectivity index (χ3n) is 5.57. The van der Waals surface area contributed by atoms with Crippen molar-refractivity contribution in [2.24, 2.45) is 5.92 Å². The average molecular weight is 440 g/mol. The maximum atomic E-state index is 13.1. The van der Waals surface area contributed by atoms with E-state index in [4.69, 9.17) is 14.2 Å². The summed E-state index contributed by atoms with van der Waals surface area (Å²) in [6.45, 7) is 2.26. The molecule has 3 rings (SSSR count). The van der Waals surface area contributed by atoms with Gasteiger partial charge in [0.25, 0.3) is 0 Å². The number of nitrogens with one attached hydrogen (secondary N) is 1. The summed E-state index contributed by atoms with van der Waals surface area (Å²) in [5.41, 5.74) is 2.53. The number of rotatable bonds is 8. The molecule has 0 spiro atoms. The van der Waals surface area contributed by atoms with Crippen LogP contribution in [0, 0.1) is 12.8 Å². The number of ether oxygens (including phenoxy) is 3. The van der Waals surface area contributed by atoms with Crippen molar-refractivity contribution in [1.29, 1.82) is 0 Å². The van der Waals surface area contributed by atoms with Gasteiger partial charge in [0, 0.05) is 18.7 Å². The second-order valence-corrected chi connectivity index (χ2v) is 7.70. The number of hydrogen-bond acceptors (Lipinski definition) is 6. The van der Waals surface area contributed by atoms with Crippen LogP contribution < -0.4 is 19.7 Å². The molecule has 2 atom stereocenters. The van der Waals surface area contributed by atoms with Crippen LogP contribution in [0.1, 0.15) is 30.0 Å². The van der Waals surface area contributed by atoms with E-state index in [-0.39, 0.29) is 31.2 Å². The summed E-state index contributed by atoms with van der Waals surface area (Å²) in [4.78, 5) is 39.2. The van der Waals surface area contributed by atoms with E-state index in [2.05, 4.69) is 5.32 Å². The summed E-state index contributed by atoms with van der Waals surface area (Å²) >= 11 is 0. The second kappa shape index (κ2) is 10.2. The SMILES string of the molecule is COC(=O)C[C@H](NC(=O)[C@H]1CC(=O)N(c2ccc(C)cc2)C1)c1ccc(OC)c(OC)c1. The van der Waals surface area contributed by atoms with E-state index in [9.17, 15) is 14.4 Å². The molecular weight excluding hydrogens is 412 g/mol. The molecule has 1 aliphatic rings. The smallest absolute Gasteiger partial charge is 0.307 e. The number of amides is 2. The molecule has 2 aromatic rings. The third-order valence-corrected chi connectivity index (χ3v) is 5.57. The maximum Gasteiger partial charge on any atom is 0.307 e. The number of benzene rings is 2. The van der Waals surface area contributed by atoms with E-state index in [0.29, 0.717) is 17.1 Å². The van der Waals surface area contributed by atoms with E-state index in [1.54, 1.807) is 23.1 Å². The van der Waals surface area contributed by atoms with Crippen molar-refractivity contribution in [3.8, 4) is 11.5 Å². The number of methoxy groups -OCH3 is 3. The van der Waals surface area contributed by atoms with Crippen LogP contribution in [0.15, 0.2) is 42.5 Å². The van der Waals surface area contributed by atoms with Crippen LogP contribution in [0.3, 0.4) is 0 Å². The van der Waals surface area contributed by atoms with Gasteiger partial charge in [-0.1, -0.05) is 23.8 Å². The Morgan fingerprint density at radius 2 is 1.75 bits per heavy atom. The highest BCUT2D eigenvalue weighted by atomic mass is 16.5. The van der Waals surface area contributed by atoms with Crippen LogP contribution in [0.25, 0.3) is 0 Å². The first-order valence-corrected chi connectivity index (χ1v) is 10.3. The van der Waals surface area contributed by atoms with Crippen molar-refractivity contribution in [3.05, 3.63) is 53.6 Å². The highest BCUT2D eigenvalue weighted by molar-refractivity contribution is 6.00. The lowest BCUT2D eigenvalue weighted by Gasteiger charge is -2.22. The fourth-order valence-electron chi connectivity index (χ4n) is 3.72. The van der Waals surface area contributed by atoms with Gasteiger partial charge in [0.2, 0.25) is 11.8 Å². The molecule has 8 heteroatoms. The van der Waals surface area contributed by atoms with Gasteiger partial charge < -0.3 is 24.4 Å². The van der Waals surface area contributed by atoms with Crippen molar-refractivity contribution < 1.29 is 28.6 Å². The van der Waals surface area contributed by atoms with Crippen molar-refractivity contribution in [2.45, 2.75) is 25.8 Å². The molecule has 0 aliphatic carbocycles. The number of esters is 1. The number of carbonyl (C=O) groups is 3. The molecule has 0 unspecified atom stereocenters. The lowest BCUT2D eigenvalue weighted by atomic mass is 10.0. The number of nitrogens with zero attached hydrogens (tertiary/aromatic N) is 1. The van der Waals surface area contributed by atoms with Gasteiger partial charge in [-0.2, -0.15) is 0 Å². The van der Waals surface area contributed by atoms with Crippen molar-refractivity contribution >= 4 is 23.5 Å². The van der Waals surface area contributed by atoms with Crippen molar-refractivity contribution in [1.82, 2.24) is 5.32 Å². The minimum absolute atomic E-state index is 0.0555. The van der Waals surface area contributed by atoms with Gasteiger partial charge in [-0.05, 0) is 36.8 Å². The summed E-state index contributed by atoms with van der Waals surface area (Å²) in [6, 6.07) is 12.1. The molecule has 0 saturated carbocycles. The van der Waals surface area contributed by atoms with E-state index in [1.807, 2.05) is 31.2 Å². The third kappa shape index (κ3) is 5.19. The van der Waals surface area contributed by atoms with Crippen LogP contribution in [0.5, 0.6) is 11.5 Å². The van der Waals surface area contributed by atoms with Crippen LogP contribution in [-0.4, -0.2) is 45.7 Å². The zero-order chi connectivity index (χ0) is 23.3. The summed E-state index contributed by atoms with van der Waals surface area (Å²) < 4.78 is 15.4. The molecule has 8 nitrogen and oxygen atoms in total. The van der Waals surface area contributed by atoms with Gasteiger partial charge in [-0.25, -0.2) is 0 Å². The zero-order valence-electron chi connectivity index (χ0n) is 18.7. The number of carbonyl (C=O) groups excluding carboxylic acids is 3. The molecule has 32 heavy (non-hydrogen) atoms. The summed E-state index contributed by atoms with van der Waals surface area (Å²) in [6.07, 6.45) is 0.0522. The topological polar surface area (TPSA) is 94.2 Å². The molecule has 1 heterocycles. The lowest BCUT2D eigenvalue weighted by Crippen LogP contribution is -2.36. The normalized spacial score (nSPS) is 16.4. The van der Waals surface area contributed by atoms with Crippen LogP contribution in [0.4, 0.5) is 5.69 Å². The van der Waals surface area contributed by atoms with Crippen LogP contribution in [-0.2, 0) is 19.1 Å². The zero-order valence-corrected chi connectivity index (χ0v) is 18.7. The fraction of sp³-hybridized carbons (Fsp3) is 0.375. The molecular formula is C24H28N2O6. The Balaban J connectivity index is 1.77. The van der Waals surface area contributed by atoms with Gasteiger partial charge >= 0.3 is 5.97 Å². The predicted octanol–water partition coefficient (Wildman–Crippen LogP) is 2.79. The van der Waals surface area contributed by atoms with Crippen LogP contribution >= 0.6 is 0 Å². The molecule has 2 amide bonds. The maximum absolute atomic E-state index is 13.1. The summed E-state index contributed by atoms with van der Waals surface area (Å²) in [7, 11) is 4.34. The fourth-order valence-corrected chi connectivity index (χ4v) is 3.72.